The van der Waals surface area contributed by atoms with Crippen molar-refractivity contribution in [3.63, 3.8) is 0 Å². The zero-order chi connectivity index (χ0) is 19.2. The number of benzene rings is 3. The first-order chi connectivity index (χ1) is 13.0. The molecule has 0 heterocycles. The lowest BCUT2D eigenvalue weighted by molar-refractivity contribution is 0.0976. The van der Waals surface area contributed by atoms with Crippen LogP contribution in [0.2, 0.25) is 0 Å². The van der Waals surface area contributed by atoms with Crippen LogP contribution < -0.4 is 10.1 Å². The monoisotopic (exact) mass is 427 g/mol. The summed E-state index contributed by atoms with van der Waals surface area (Å²) in [4.78, 5) is 12.8. The van der Waals surface area contributed by atoms with Crippen molar-refractivity contribution in [2.45, 2.75) is 12.5 Å². The second kappa shape index (κ2) is 8.82. The number of ketones is 1. The van der Waals surface area contributed by atoms with Crippen molar-refractivity contribution >= 4 is 27.4 Å². The van der Waals surface area contributed by atoms with Crippen LogP contribution in [-0.2, 0) is 0 Å². The number of hydrogen-bond donors (Lipinski definition) is 1. The average Bonchev–Trinajstić information content (AvgIpc) is 2.70. The Bertz CT molecular complexity index is 893. The number of hydrogen-bond acceptors (Lipinski definition) is 3. The molecular formula is C22H19BrFNO2. The summed E-state index contributed by atoms with van der Waals surface area (Å²) in [6.45, 7) is 0. The smallest absolute Gasteiger partial charge is 0.165 e. The van der Waals surface area contributed by atoms with Crippen LogP contribution in [0.15, 0.2) is 77.3 Å². The van der Waals surface area contributed by atoms with E-state index in [1.54, 1.807) is 43.5 Å². The van der Waals surface area contributed by atoms with Gasteiger partial charge in [-0.25, -0.2) is 4.39 Å². The molecule has 0 fully saturated rings. The molecule has 1 N–H and O–H groups in total. The summed E-state index contributed by atoms with van der Waals surface area (Å²) in [7, 11) is 1.59. The van der Waals surface area contributed by atoms with Crippen LogP contribution in [0.3, 0.4) is 0 Å². The molecule has 0 aliphatic carbocycles. The van der Waals surface area contributed by atoms with Crippen molar-refractivity contribution in [2.24, 2.45) is 0 Å². The zero-order valence-electron chi connectivity index (χ0n) is 14.8. The van der Waals surface area contributed by atoms with Gasteiger partial charge in [-0.05, 0) is 66.2 Å². The topological polar surface area (TPSA) is 38.3 Å². The Morgan fingerprint density at radius 1 is 1.00 bits per heavy atom. The fourth-order valence-corrected chi connectivity index (χ4v) is 3.04. The lowest BCUT2D eigenvalue weighted by Gasteiger charge is -2.20. The minimum atomic E-state index is -0.296. The molecule has 138 valence electrons. The maximum absolute atomic E-state index is 13.2. The van der Waals surface area contributed by atoms with Crippen LogP contribution in [0.25, 0.3) is 0 Å². The van der Waals surface area contributed by atoms with Gasteiger partial charge >= 0.3 is 0 Å². The number of nitrogens with one attached hydrogen (secondary N) is 1. The van der Waals surface area contributed by atoms with E-state index in [2.05, 4.69) is 21.2 Å². The number of carbonyl (C=O) groups is 1. The van der Waals surface area contributed by atoms with Crippen LogP contribution in [0.5, 0.6) is 5.75 Å². The summed E-state index contributed by atoms with van der Waals surface area (Å²) < 4.78 is 19.3. The number of carbonyl (C=O) groups excluding carboxylic acids is 1. The van der Waals surface area contributed by atoms with Gasteiger partial charge in [0.25, 0.3) is 0 Å². The number of anilines is 1. The Morgan fingerprint density at radius 3 is 2.22 bits per heavy atom. The molecule has 1 atom stereocenters. The Labute approximate surface area is 166 Å². The molecule has 0 saturated heterocycles. The van der Waals surface area contributed by atoms with Crippen LogP contribution in [0.4, 0.5) is 10.1 Å². The van der Waals surface area contributed by atoms with Gasteiger partial charge in [-0.1, -0.05) is 28.1 Å². The predicted octanol–water partition coefficient (Wildman–Crippen LogP) is 6.02. The molecule has 0 aliphatic rings. The predicted molar refractivity (Wildman–Crippen MR) is 109 cm³/mol. The molecule has 27 heavy (non-hydrogen) atoms. The number of ether oxygens (including phenoxy) is 1. The van der Waals surface area contributed by atoms with Crippen LogP contribution in [0, 0.1) is 5.82 Å². The highest BCUT2D eigenvalue weighted by Gasteiger charge is 2.17. The second-order valence-electron chi connectivity index (χ2n) is 6.11. The maximum atomic E-state index is 13.2. The van der Waals surface area contributed by atoms with E-state index in [4.69, 9.17) is 4.74 Å². The molecule has 5 heteroatoms. The highest BCUT2D eigenvalue weighted by molar-refractivity contribution is 9.10. The molecule has 0 aliphatic heterocycles. The normalized spacial score (nSPS) is 11.7. The third kappa shape index (κ3) is 5.17. The first kappa shape index (κ1) is 19.1. The van der Waals surface area contributed by atoms with Crippen molar-refractivity contribution in [3.05, 3.63) is 94.2 Å². The van der Waals surface area contributed by atoms with Gasteiger partial charge in [-0.15, -0.1) is 0 Å². The van der Waals surface area contributed by atoms with Crippen molar-refractivity contribution < 1.29 is 13.9 Å². The average molecular weight is 428 g/mol. The molecule has 0 amide bonds. The van der Waals surface area contributed by atoms with Crippen molar-refractivity contribution in [1.29, 1.82) is 0 Å². The molecule has 3 rings (SSSR count). The number of Topliss-reactive ketones (excluding diaryl/α,β-unsaturated/α-hetero) is 1. The fourth-order valence-electron chi connectivity index (χ4n) is 2.77. The number of methoxy groups -OCH3 is 1. The molecule has 0 spiro atoms. The summed E-state index contributed by atoms with van der Waals surface area (Å²) >= 11 is 3.43. The van der Waals surface area contributed by atoms with Gasteiger partial charge in [0.2, 0.25) is 0 Å². The number of rotatable bonds is 7. The lowest BCUT2D eigenvalue weighted by Crippen LogP contribution is -2.16. The maximum Gasteiger partial charge on any atom is 0.165 e. The first-order valence-corrected chi connectivity index (χ1v) is 9.29. The highest BCUT2D eigenvalue weighted by atomic mass is 79.9. The quantitative estimate of drug-likeness (QED) is 0.468. The molecule has 0 bridgehead atoms. The minimum absolute atomic E-state index is 0.0141. The number of halogens is 2. The minimum Gasteiger partial charge on any atom is -0.497 e. The van der Waals surface area contributed by atoms with Crippen molar-refractivity contribution in [3.8, 4) is 5.75 Å². The molecule has 0 radical (unpaired) electrons. The Balaban J connectivity index is 1.82. The van der Waals surface area contributed by atoms with Crippen molar-refractivity contribution in [1.82, 2.24) is 0 Å². The lowest BCUT2D eigenvalue weighted by atomic mass is 9.97. The molecule has 3 nitrogen and oxygen atoms in total. The van der Waals surface area contributed by atoms with Gasteiger partial charge in [-0.2, -0.15) is 0 Å². The van der Waals surface area contributed by atoms with E-state index in [0.717, 1.165) is 15.7 Å². The van der Waals surface area contributed by atoms with Gasteiger partial charge in [0.05, 0.1) is 13.2 Å². The van der Waals surface area contributed by atoms with E-state index in [-0.39, 0.29) is 24.1 Å². The summed E-state index contributed by atoms with van der Waals surface area (Å²) in [5.41, 5.74) is 2.36. The molecule has 3 aromatic rings. The largest absolute Gasteiger partial charge is 0.497 e. The molecule has 0 aromatic heterocycles. The molecule has 1 unspecified atom stereocenters. The Hall–Kier alpha value is -2.66. The van der Waals surface area contributed by atoms with Gasteiger partial charge < -0.3 is 10.1 Å². The fraction of sp³-hybridized carbons (Fsp3) is 0.136. The molecule has 0 saturated carbocycles. The molecule has 3 aromatic carbocycles. The summed E-state index contributed by atoms with van der Waals surface area (Å²) in [6, 6.07) is 20.8. The highest BCUT2D eigenvalue weighted by Crippen LogP contribution is 2.26. The van der Waals surface area contributed by atoms with E-state index >= 15 is 0 Å². The SMILES string of the molecule is COc1ccc(C(=O)CC(Nc2ccc(F)cc2)c2ccc(Br)cc2)cc1. The van der Waals surface area contributed by atoms with Crippen molar-refractivity contribution in [2.75, 3.05) is 12.4 Å². The van der Waals surface area contributed by atoms with Gasteiger partial charge in [0.1, 0.15) is 11.6 Å². The summed E-state index contributed by atoms with van der Waals surface area (Å²) in [5, 5.41) is 3.34. The van der Waals surface area contributed by atoms with Crippen LogP contribution in [0.1, 0.15) is 28.4 Å². The van der Waals surface area contributed by atoms with E-state index in [1.807, 2.05) is 24.3 Å². The van der Waals surface area contributed by atoms with E-state index in [9.17, 15) is 9.18 Å². The third-order valence-electron chi connectivity index (χ3n) is 4.26. The third-order valence-corrected chi connectivity index (χ3v) is 4.79. The zero-order valence-corrected chi connectivity index (χ0v) is 16.4. The van der Waals surface area contributed by atoms with Crippen LogP contribution in [-0.4, -0.2) is 12.9 Å². The van der Waals surface area contributed by atoms with E-state index in [0.29, 0.717) is 11.3 Å². The van der Waals surface area contributed by atoms with Gasteiger partial charge in [0, 0.05) is 22.1 Å². The Kier molecular flexibility index (Phi) is 6.24. The standard InChI is InChI=1S/C22H19BrFNO2/c1-27-20-12-4-16(5-13-20)22(26)14-21(15-2-6-17(23)7-3-15)25-19-10-8-18(24)9-11-19/h2-13,21,25H,14H2,1H3. The van der Waals surface area contributed by atoms with Gasteiger partial charge in [0.15, 0.2) is 5.78 Å². The van der Waals surface area contributed by atoms with Gasteiger partial charge in [-0.3, -0.25) is 4.79 Å². The second-order valence-corrected chi connectivity index (χ2v) is 7.03. The van der Waals surface area contributed by atoms with Crippen LogP contribution >= 0.6 is 15.9 Å². The van der Waals surface area contributed by atoms with E-state index in [1.165, 1.54) is 12.1 Å². The summed E-state index contributed by atoms with van der Waals surface area (Å²) in [6.07, 6.45) is 0.269. The summed E-state index contributed by atoms with van der Waals surface area (Å²) in [5.74, 6) is 0.427. The Morgan fingerprint density at radius 2 is 1.63 bits per heavy atom. The first-order valence-electron chi connectivity index (χ1n) is 8.50. The van der Waals surface area contributed by atoms with E-state index < -0.39 is 0 Å². The molecular weight excluding hydrogens is 409 g/mol.